The molecular formula is C24H26FN5O2S. The molecule has 1 aliphatic heterocycles. The van der Waals surface area contributed by atoms with Crippen molar-refractivity contribution in [2.75, 3.05) is 25.6 Å². The van der Waals surface area contributed by atoms with Crippen LogP contribution in [0.2, 0.25) is 0 Å². The fourth-order valence-electron chi connectivity index (χ4n) is 4.05. The van der Waals surface area contributed by atoms with Crippen LogP contribution in [0, 0.1) is 5.82 Å². The molecule has 0 aliphatic carbocycles. The molecule has 1 fully saturated rings. The molecule has 1 saturated heterocycles. The van der Waals surface area contributed by atoms with Crippen LogP contribution in [0.25, 0.3) is 0 Å². The van der Waals surface area contributed by atoms with Crippen molar-refractivity contribution < 1.29 is 13.9 Å². The highest BCUT2D eigenvalue weighted by Crippen LogP contribution is 2.38. The molecule has 0 spiro atoms. The lowest BCUT2D eigenvalue weighted by molar-refractivity contribution is -0.116. The van der Waals surface area contributed by atoms with E-state index in [0.717, 1.165) is 11.4 Å². The number of halogens is 1. The van der Waals surface area contributed by atoms with Gasteiger partial charge in [0.05, 0.1) is 30.1 Å². The third-order valence-electron chi connectivity index (χ3n) is 5.63. The van der Waals surface area contributed by atoms with Gasteiger partial charge in [-0.2, -0.15) is 0 Å². The van der Waals surface area contributed by atoms with Gasteiger partial charge in [0.1, 0.15) is 5.82 Å². The maximum atomic E-state index is 13.9. The third kappa shape index (κ3) is 5.20. The Hall–Kier alpha value is -3.30. The van der Waals surface area contributed by atoms with Crippen molar-refractivity contribution >= 4 is 28.9 Å². The molecule has 4 rings (SSSR count). The smallest absolute Gasteiger partial charge is 0.226 e. The summed E-state index contributed by atoms with van der Waals surface area (Å²) in [6.45, 7) is 1.64. The van der Waals surface area contributed by atoms with Gasteiger partial charge in [-0.3, -0.25) is 9.78 Å². The van der Waals surface area contributed by atoms with Crippen LogP contribution in [0.3, 0.4) is 0 Å². The Bertz CT molecular complexity index is 1110. The fourth-order valence-corrected chi connectivity index (χ4v) is 4.39. The lowest BCUT2D eigenvalue weighted by Crippen LogP contribution is -2.33. The number of hydrogen-bond donors (Lipinski definition) is 2. The van der Waals surface area contributed by atoms with Gasteiger partial charge in [-0.05, 0) is 48.6 Å². The third-order valence-corrected chi connectivity index (χ3v) is 5.98. The van der Waals surface area contributed by atoms with Crippen molar-refractivity contribution in [3.05, 3.63) is 84.2 Å². The van der Waals surface area contributed by atoms with Crippen LogP contribution in [0.5, 0.6) is 0 Å². The van der Waals surface area contributed by atoms with Gasteiger partial charge in [0.25, 0.3) is 0 Å². The molecular weight excluding hydrogens is 441 g/mol. The first-order valence-electron chi connectivity index (χ1n) is 10.7. The van der Waals surface area contributed by atoms with Crippen LogP contribution in [-0.2, 0) is 16.1 Å². The van der Waals surface area contributed by atoms with Crippen LogP contribution in [-0.4, -0.2) is 45.7 Å². The fraction of sp³-hybridized carbons (Fsp3) is 0.292. The number of carbonyl (C=O) groups excluding carboxylic acids is 1. The Morgan fingerprint density at radius 3 is 2.76 bits per heavy atom. The Morgan fingerprint density at radius 2 is 2.00 bits per heavy atom. The second-order valence-electron chi connectivity index (χ2n) is 7.72. The number of anilines is 1. The summed E-state index contributed by atoms with van der Waals surface area (Å²) in [6, 6.07) is 15.6. The number of thiocarbonyl (C=S) groups is 1. The Balaban J connectivity index is 1.56. The van der Waals surface area contributed by atoms with Gasteiger partial charge >= 0.3 is 0 Å². The summed E-state index contributed by atoms with van der Waals surface area (Å²) in [7, 11) is 1.67. The molecule has 7 nitrogen and oxygen atoms in total. The zero-order valence-electron chi connectivity index (χ0n) is 18.3. The molecule has 2 atom stereocenters. The van der Waals surface area contributed by atoms with E-state index in [1.54, 1.807) is 25.4 Å². The number of pyridine rings is 1. The molecule has 33 heavy (non-hydrogen) atoms. The van der Waals surface area contributed by atoms with Gasteiger partial charge in [0, 0.05) is 44.7 Å². The normalized spacial score (nSPS) is 17.8. The van der Waals surface area contributed by atoms with E-state index >= 15 is 0 Å². The number of hydrogen-bond acceptors (Lipinski definition) is 4. The minimum absolute atomic E-state index is 0.153. The van der Waals surface area contributed by atoms with E-state index in [1.807, 2.05) is 35.4 Å². The average Bonchev–Trinajstić information content (AvgIpc) is 3.42. The standard InChI is InChI=1S/C24H26FN5O2S/c1-32-16-15-29-13-6-10-20(29)23-22(19-9-4-5-12-26-19)28-24(33)30(23)14-11-21(31)27-18-8-3-2-7-17(18)25/h2-10,12-13,22-23H,11,14-16H2,1H3,(H,27,31)(H,28,33)/t22-,23-/m0/s1. The predicted molar refractivity (Wildman–Crippen MR) is 128 cm³/mol. The van der Waals surface area contributed by atoms with Crippen LogP contribution in [0.4, 0.5) is 10.1 Å². The molecule has 1 aliphatic rings. The number of ether oxygens (including phenoxy) is 1. The molecule has 0 unspecified atom stereocenters. The number of benzene rings is 1. The minimum Gasteiger partial charge on any atom is -0.383 e. The van der Waals surface area contributed by atoms with Gasteiger partial charge in [-0.25, -0.2) is 4.39 Å². The van der Waals surface area contributed by atoms with E-state index in [1.165, 1.54) is 12.1 Å². The number of rotatable bonds is 9. The average molecular weight is 468 g/mol. The lowest BCUT2D eigenvalue weighted by atomic mass is 10.0. The van der Waals surface area contributed by atoms with Crippen LogP contribution in [0.15, 0.2) is 67.0 Å². The summed E-state index contributed by atoms with van der Waals surface area (Å²) < 4.78 is 21.3. The Kier molecular flexibility index (Phi) is 7.31. The number of amides is 1. The summed E-state index contributed by atoms with van der Waals surface area (Å²) in [6.07, 6.45) is 3.92. The predicted octanol–water partition coefficient (Wildman–Crippen LogP) is 3.67. The maximum absolute atomic E-state index is 13.9. The molecule has 0 saturated carbocycles. The van der Waals surface area contributed by atoms with Gasteiger partial charge in [0.2, 0.25) is 5.91 Å². The van der Waals surface area contributed by atoms with Crippen molar-refractivity contribution in [2.45, 2.75) is 25.0 Å². The van der Waals surface area contributed by atoms with Crippen LogP contribution in [0.1, 0.15) is 29.9 Å². The zero-order valence-corrected chi connectivity index (χ0v) is 19.1. The van der Waals surface area contributed by atoms with E-state index in [4.69, 9.17) is 17.0 Å². The topological polar surface area (TPSA) is 71.4 Å². The second-order valence-corrected chi connectivity index (χ2v) is 8.10. The molecule has 172 valence electrons. The first-order chi connectivity index (χ1) is 16.1. The van der Waals surface area contributed by atoms with E-state index in [0.29, 0.717) is 24.8 Å². The van der Waals surface area contributed by atoms with E-state index in [9.17, 15) is 9.18 Å². The minimum atomic E-state index is -0.465. The number of carbonyl (C=O) groups is 1. The molecule has 1 aromatic carbocycles. The Labute approximate surface area is 197 Å². The van der Waals surface area contributed by atoms with Crippen molar-refractivity contribution in [1.29, 1.82) is 0 Å². The summed E-state index contributed by atoms with van der Waals surface area (Å²) in [5.41, 5.74) is 2.08. The molecule has 3 heterocycles. The van der Waals surface area contributed by atoms with Gasteiger partial charge in [-0.15, -0.1) is 0 Å². The molecule has 0 radical (unpaired) electrons. The molecule has 1 amide bonds. The number of para-hydroxylation sites is 1. The molecule has 2 N–H and O–H groups in total. The second kappa shape index (κ2) is 10.5. The molecule has 0 bridgehead atoms. The highest BCUT2D eigenvalue weighted by Gasteiger charge is 2.41. The summed E-state index contributed by atoms with van der Waals surface area (Å²) in [5, 5.41) is 6.58. The van der Waals surface area contributed by atoms with Crippen molar-refractivity contribution in [2.24, 2.45) is 0 Å². The molecule has 9 heteroatoms. The summed E-state index contributed by atoms with van der Waals surface area (Å²) in [4.78, 5) is 19.1. The van der Waals surface area contributed by atoms with Crippen molar-refractivity contribution in [3.8, 4) is 0 Å². The zero-order chi connectivity index (χ0) is 23.2. The Morgan fingerprint density at radius 1 is 1.18 bits per heavy atom. The van der Waals surface area contributed by atoms with Gasteiger partial charge < -0.3 is 24.8 Å². The van der Waals surface area contributed by atoms with Gasteiger partial charge in [0.15, 0.2) is 5.11 Å². The summed E-state index contributed by atoms with van der Waals surface area (Å²) >= 11 is 5.66. The number of methoxy groups -OCH3 is 1. The number of nitrogens with one attached hydrogen (secondary N) is 2. The highest BCUT2D eigenvalue weighted by atomic mass is 32.1. The SMILES string of the molecule is COCCn1cccc1[C@H]1[C@H](c2ccccn2)NC(=S)N1CCC(=O)Nc1ccccc1F. The van der Waals surface area contributed by atoms with Crippen LogP contribution >= 0.6 is 12.2 Å². The van der Waals surface area contributed by atoms with Crippen molar-refractivity contribution in [1.82, 2.24) is 19.8 Å². The number of nitrogens with zero attached hydrogens (tertiary/aromatic N) is 3. The maximum Gasteiger partial charge on any atom is 0.226 e. The van der Waals surface area contributed by atoms with Gasteiger partial charge in [-0.1, -0.05) is 18.2 Å². The van der Waals surface area contributed by atoms with E-state index in [-0.39, 0.29) is 30.1 Å². The summed E-state index contributed by atoms with van der Waals surface area (Å²) in [5.74, 6) is -0.744. The largest absolute Gasteiger partial charge is 0.383 e. The van der Waals surface area contributed by atoms with E-state index in [2.05, 4.69) is 26.3 Å². The number of aromatic nitrogens is 2. The monoisotopic (exact) mass is 467 g/mol. The van der Waals surface area contributed by atoms with Crippen molar-refractivity contribution in [3.63, 3.8) is 0 Å². The van der Waals surface area contributed by atoms with E-state index < -0.39 is 5.82 Å². The first kappa shape index (κ1) is 22.9. The lowest BCUT2D eigenvalue weighted by Gasteiger charge is -2.28. The van der Waals surface area contributed by atoms with Crippen LogP contribution < -0.4 is 10.6 Å². The molecule has 2 aromatic heterocycles. The molecule has 3 aromatic rings. The first-order valence-corrected chi connectivity index (χ1v) is 11.2. The quantitative estimate of drug-likeness (QED) is 0.468. The highest BCUT2D eigenvalue weighted by molar-refractivity contribution is 7.80.